The maximum absolute atomic E-state index is 11.2. The van der Waals surface area contributed by atoms with Gasteiger partial charge in [0.1, 0.15) is 5.60 Å². The molecule has 0 aliphatic carbocycles. The van der Waals surface area contributed by atoms with Gasteiger partial charge in [-0.05, 0) is 39.5 Å². The molecule has 2 unspecified atom stereocenters. The van der Waals surface area contributed by atoms with E-state index in [1.807, 2.05) is 20.8 Å². The second-order valence-electron chi connectivity index (χ2n) is 4.78. The van der Waals surface area contributed by atoms with Crippen LogP contribution in [0.15, 0.2) is 12.7 Å². The van der Waals surface area contributed by atoms with Gasteiger partial charge in [-0.25, -0.2) is 4.79 Å². The maximum Gasteiger partial charge on any atom is 0.330 e. The Morgan fingerprint density at radius 2 is 1.88 bits per heavy atom. The summed E-state index contributed by atoms with van der Waals surface area (Å²) in [5.74, 6) is -0.402. The summed E-state index contributed by atoms with van der Waals surface area (Å²) in [4.78, 5) is 11.2. The van der Waals surface area contributed by atoms with E-state index in [0.29, 0.717) is 19.3 Å². The standard InChI is InChI=1S/C13H24O3/c1-6-11(14)16-13(5,8-3)10-9-12(4,15)7-2/h6,15H,1,7-10H2,2-5H3. The summed E-state index contributed by atoms with van der Waals surface area (Å²) in [6.45, 7) is 11.0. The van der Waals surface area contributed by atoms with Crippen LogP contribution in [0.1, 0.15) is 53.4 Å². The minimum atomic E-state index is -0.684. The van der Waals surface area contributed by atoms with Crippen molar-refractivity contribution in [3.05, 3.63) is 12.7 Å². The van der Waals surface area contributed by atoms with Crippen molar-refractivity contribution in [2.75, 3.05) is 0 Å². The third-order valence-corrected chi connectivity index (χ3v) is 3.22. The first kappa shape index (κ1) is 15.2. The first-order valence-electron chi connectivity index (χ1n) is 5.86. The maximum atomic E-state index is 11.2. The molecule has 0 heterocycles. The van der Waals surface area contributed by atoms with Crippen molar-refractivity contribution >= 4 is 5.97 Å². The predicted octanol–water partition coefficient (Wildman–Crippen LogP) is 2.83. The lowest BCUT2D eigenvalue weighted by atomic mass is 9.88. The first-order chi connectivity index (χ1) is 7.28. The summed E-state index contributed by atoms with van der Waals surface area (Å²) >= 11 is 0. The van der Waals surface area contributed by atoms with Gasteiger partial charge in [0.05, 0.1) is 5.60 Å². The Hall–Kier alpha value is -0.830. The van der Waals surface area contributed by atoms with E-state index in [4.69, 9.17) is 4.74 Å². The molecule has 94 valence electrons. The molecule has 0 aliphatic heterocycles. The predicted molar refractivity (Wildman–Crippen MR) is 65.1 cm³/mol. The van der Waals surface area contributed by atoms with Crippen molar-refractivity contribution < 1.29 is 14.6 Å². The van der Waals surface area contributed by atoms with Gasteiger partial charge in [-0.3, -0.25) is 0 Å². The van der Waals surface area contributed by atoms with Crippen LogP contribution in [0.25, 0.3) is 0 Å². The summed E-state index contributed by atoms with van der Waals surface area (Å²) in [7, 11) is 0. The molecule has 0 aromatic rings. The van der Waals surface area contributed by atoms with Crippen LogP contribution in [0.2, 0.25) is 0 Å². The van der Waals surface area contributed by atoms with E-state index in [-0.39, 0.29) is 0 Å². The Bertz CT molecular complexity index is 246. The van der Waals surface area contributed by atoms with E-state index in [1.54, 1.807) is 6.92 Å². The minimum absolute atomic E-state index is 0.402. The van der Waals surface area contributed by atoms with Gasteiger partial charge < -0.3 is 9.84 Å². The van der Waals surface area contributed by atoms with Crippen molar-refractivity contribution in [1.29, 1.82) is 0 Å². The Morgan fingerprint density at radius 3 is 2.25 bits per heavy atom. The SMILES string of the molecule is C=CC(=O)OC(C)(CC)CCC(C)(O)CC. The molecule has 0 aromatic carbocycles. The molecular formula is C13H24O3. The highest BCUT2D eigenvalue weighted by molar-refractivity contribution is 5.81. The van der Waals surface area contributed by atoms with E-state index < -0.39 is 17.2 Å². The zero-order valence-electron chi connectivity index (χ0n) is 10.9. The van der Waals surface area contributed by atoms with Crippen LogP contribution in [-0.2, 0) is 9.53 Å². The lowest BCUT2D eigenvalue weighted by molar-refractivity contribution is -0.154. The molecule has 0 saturated carbocycles. The number of esters is 1. The summed E-state index contributed by atoms with van der Waals surface area (Å²) < 4.78 is 5.31. The average molecular weight is 228 g/mol. The molecule has 2 atom stereocenters. The molecular weight excluding hydrogens is 204 g/mol. The van der Waals surface area contributed by atoms with E-state index >= 15 is 0 Å². The highest BCUT2D eigenvalue weighted by Gasteiger charge is 2.29. The van der Waals surface area contributed by atoms with Gasteiger partial charge >= 0.3 is 5.97 Å². The number of hydrogen-bond donors (Lipinski definition) is 1. The van der Waals surface area contributed by atoms with Crippen molar-refractivity contribution in [3.8, 4) is 0 Å². The molecule has 0 rings (SSSR count). The monoisotopic (exact) mass is 228 g/mol. The number of rotatable bonds is 7. The largest absolute Gasteiger partial charge is 0.456 e. The van der Waals surface area contributed by atoms with Gasteiger partial charge in [-0.15, -0.1) is 0 Å². The zero-order chi connectivity index (χ0) is 12.8. The molecule has 1 N–H and O–H groups in total. The highest BCUT2D eigenvalue weighted by atomic mass is 16.6. The number of carbonyl (C=O) groups excluding carboxylic acids is 1. The molecule has 3 nitrogen and oxygen atoms in total. The van der Waals surface area contributed by atoms with E-state index in [2.05, 4.69) is 6.58 Å². The molecule has 0 saturated heterocycles. The first-order valence-corrected chi connectivity index (χ1v) is 5.86. The summed E-state index contributed by atoms with van der Waals surface area (Å²) in [5, 5.41) is 9.91. The highest BCUT2D eigenvalue weighted by Crippen LogP contribution is 2.27. The smallest absolute Gasteiger partial charge is 0.330 e. The zero-order valence-corrected chi connectivity index (χ0v) is 10.9. The molecule has 0 radical (unpaired) electrons. The van der Waals surface area contributed by atoms with Gasteiger partial charge in [-0.2, -0.15) is 0 Å². The lowest BCUT2D eigenvalue weighted by Crippen LogP contribution is -2.34. The second-order valence-corrected chi connectivity index (χ2v) is 4.78. The van der Waals surface area contributed by atoms with Crippen molar-refractivity contribution in [2.45, 2.75) is 64.6 Å². The third-order valence-electron chi connectivity index (χ3n) is 3.22. The number of hydrogen-bond acceptors (Lipinski definition) is 3. The van der Waals surface area contributed by atoms with Gasteiger partial charge in [0.2, 0.25) is 0 Å². The normalized spacial score (nSPS) is 18.3. The summed E-state index contributed by atoms with van der Waals surface area (Å²) in [6.07, 6.45) is 3.88. The Balaban J connectivity index is 4.37. The van der Waals surface area contributed by atoms with E-state index in [9.17, 15) is 9.90 Å². The Morgan fingerprint density at radius 1 is 1.31 bits per heavy atom. The van der Waals surface area contributed by atoms with Crippen molar-refractivity contribution in [3.63, 3.8) is 0 Å². The van der Waals surface area contributed by atoms with Crippen LogP contribution in [-0.4, -0.2) is 22.3 Å². The van der Waals surface area contributed by atoms with E-state index in [1.165, 1.54) is 6.08 Å². The lowest BCUT2D eigenvalue weighted by Gasteiger charge is -2.31. The minimum Gasteiger partial charge on any atom is -0.456 e. The molecule has 0 amide bonds. The molecule has 0 aliphatic rings. The topological polar surface area (TPSA) is 46.5 Å². The fourth-order valence-electron chi connectivity index (χ4n) is 1.29. The van der Waals surface area contributed by atoms with Crippen LogP contribution in [0.3, 0.4) is 0 Å². The fourth-order valence-corrected chi connectivity index (χ4v) is 1.29. The van der Waals surface area contributed by atoms with Gasteiger partial charge in [0.15, 0.2) is 0 Å². The number of carbonyl (C=O) groups is 1. The Labute approximate surface area is 98.5 Å². The van der Waals surface area contributed by atoms with Crippen LogP contribution in [0.5, 0.6) is 0 Å². The van der Waals surface area contributed by atoms with Crippen molar-refractivity contribution in [2.24, 2.45) is 0 Å². The quantitative estimate of drug-likeness (QED) is 0.538. The fraction of sp³-hybridized carbons (Fsp3) is 0.769. The number of ether oxygens (including phenoxy) is 1. The molecule has 0 fully saturated rings. The van der Waals surface area contributed by atoms with Crippen LogP contribution in [0.4, 0.5) is 0 Å². The van der Waals surface area contributed by atoms with Crippen LogP contribution < -0.4 is 0 Å². The van der Waals surface area contributed by atoms with Crippen molar-refractivity contribution in [1.82, 2.24) is 0 Å². The number of aliphatic hydroxyl groups is 1. The Kier molecular flexibility index (Phi) is 5.73. The van der Waals surface area contributed by atoms with E-state index in [0.717, 1.165) is 6.42 Å². The molecule has 16 heavy (non-hydrogen) atoms. The summed E-state index contributed by atoms with van der Waals surface area (Å²) in [6, 6.07) is 0. The van der Waals surface area contributed by atoms with Crippen LogP contribution >= 0.6 is 0 Å². The van der Waals surface area contributed by atoms with Gasteiger partial charge in [0, 0.05) is 6.08 Å². The average Bonchev–Trinajstić information content (AvgIpc) is 2.26. The van der Waals surface area contributed by atoms with Crippen LogP contribution in [0, 0.1) is 0 Å². The second kappa shape index (κ2) is 6.04. The van der Waals surface area contributed by atoms with Gasteiger partial charge in [-0.1, -0.05) is 20.4 Å². The third kappa shape index (κ3) is 5.31. The van der Waals surface area contributed by atoms with Gasteiger partial charge in [0.25, 0.3) is 0 Å². The summed E-state index contributed by atoms with van der Waals surface area (Å²) in [5.41, 5.74) is -1.19. The molecule has 0 bridgehead atoms. The molecule has 0 aromatic heterocycles. The molecule has 3 heteroatoms. The molecule has 0 spiro atoms.